The molecule has 1 aliphatic rings. The average Bonchev–Trinajstić information content (AvgIpc) is 2.72. The lowest BCUT2D eigenvalue weighted by Crippen LogP contribution is -2.25. The lowest BCUT2D eigenvalue weighted by atomic mass is 9.98. The van der Waals surface area contributed by atoms with E-state index in [-0.39, 0.29) is 11.9 Å². The van der Waals surface area contributed by atoms with Gasteiger partial charge in [-0.15, -0.1) is 0 Å². The summed E-state index contributed by atoms with van der Waals surface area (Å²) < 4.78 is 14.5. The highest BCUT2D eigenvalue weighted by molar-refractivity contribution is 5.49. The summed E-state index contributed by atoms with van der Waals surface area (Å²) >= 11 is 0. The lowest BCUT2D eigenvalue weighted by molar-refractivity contribution is 0.459. The molecule has 3 heteroatoms. The second-order valence-electron chi connectivity index (χ2n) is 6.18. The molecule has 0 bridgehead atoms. The smallest absolute Gasteiger partial charge is 0.146 e. The number of anilines is 1. The molecule has 0 radical (unpaired) electrons. The summed E-state index contributed by atoms with van der Waals surface area (Å²) in [6.45, 7) is 9.28. The minimum Gasteiger partial charge on any atom is -0.369 e. The Morgan fingerprint density at radius 1 is 1.29 bits per heavy atom. The Bertz CT molecular complexity index is 447. The summed E-state index contributed by atoms with van der Waals surface area (Å²) in [6.07, 6.45) is 4.89. The van der Waals surface area contributed by atoms with Crippen molar-refractivity contribution in [1.82, 2.24) is 5.32 Å². The molecule has 2 nitrogen and oxygen atoms in total. The van der Waals surface area contributed by atoms with E-state index in [1.54, 1.807) is 6.07 Å². The molecule has 1 fully saturated rings. The standard InChI is InChI=1S/C18H29FN2/c1-4-15-7-6-11-21(12-10-15)18-9-8-16(13-17(18)19)14(3)20-5-2/h8-9,13-15,20H,4-7,10-12H2,1-3H3. The minimum atomic E-state index is -0.0767. The number of hydrogen-bond acceptors (Lipinski definition) is 2. The highest BCUT2D eigenvalue weighted by Gasteiger charge is 2.19. The fraction of sp³-hybridized carbons (Fsp3) is 0.667. The monoisotopic (exact) mass is 292 g/mol. The summed E-state index contributed by atoms with van der Waals surface area (Å²) in [5.41, 5.74) is 1.80. The fourth-order valence-electron chi connectivity index (χ4n) is 3.29. The van der Waals surface area contributed by atoms with Gasteiger partial charge in [0, 0.05) is 19.1 Å². The average molecular weight is 292 g/mol. The van der Waals surface area contributed by atoms with Gasteiger partial charge in [0.1, 0.15) is 5.82 Å². The van der Waals surface area contributed by atoms with E-state index in [4.69, 9.17) is 0 Å². The third kappa shape index (κ3) is 4.19. The summed E-state index contributed by atoms with van der Waals surface area (Å²) in [7, 11) is 0. The van der Waals surface area contributed by atoms with E-state index in [0.717, 1.165) is 36.8 Å². The van der Waals surface area contributed by atoms with Gasteiger partial charge >= 0.3 is 0 Å². The Hall–Kier alpha value is -1.09. The van der Waals surface area contributed by atoms with Crippen molar-refractivity contribution < 1.29 is 4.39 Å². The van der Waals surface area contributed by atoms with Gasteiger partial charge in [-0.2, -0.15) is 0 Å². The third-order valence-corrected chi connectivity index (χ3v) is 4.75. The molecule has 0 aliphatic carbocycles. The highest BCUT2D eigenvalue weighted by Crippen LogP contribution is 2.28. The maximum atomic E-state index is 14.5. The van der Waals surface area contributed by atoms with Crippen LogP contribution in [0.15, 0.2) is 18.2 Å². The van der Waals surface area contributed by atoms with E-state index in [2.05, 4.69) is 37.1 Å². The first-order valence-corrected chi connectivity index (χ1v) is 8.43. The first-order valence-electron chi connectivity index (χ1n) is 8.43. The first-order chi connectivity index (χ1) is 10.2. The van der Waals surface area contributed by atoms with Gasteiger partial charge in [-0.3, -0.25) is 0 Å². The Balaban J connectivity index is 2.09. The van der Waals surface area contributed by atoms with Crippen molar-refractivity contribution in [2.75, 3.05) is 24.5 Å². The molecule has 0 amide bonds. The molecule has 118 valence electrons. The van der Waals surface area contributed by atoms with E-state index in [0.29, 0.717) is 0 Å². The fourth-order valence-corrected chi connectivity index (χ4v) is 3.29. The molecule has 0 aromatic heterocycles. The van der Waals surface area contributed by atoms with Crippen molar-refractivity contribution in [3.63, 3.8) is 0 Å². The first kappa shape index (κ1) is 16.3. The number of benzene rings is 1. The van der Waals surface area contributed by atoms with Crippen LogP contribution in [-0.4, -0.2) is 19.6 Å². The molecule has 0 spiro atoms. The van der Waals surface area contributed by atoms with Crippen LogP contribution >= 0.6 is 0 Å². The van der Waals surface area contributed by atoms with Crippen molar-refractivity contribution in [2.24, 2.45) is 5.92 Å². The van der Waals surface area contributed by atoms with E-state index in [1.165, 1.54) is 25.7 Å². The summed E-state index contributed by atoms with van der Waals surface area (Å²) in [4.78, 5) is 2.23. The third-order valence-electron chi connectivity index (χ3n) is 4.75. The second-order valence-corrected chi connectivity index (χ2v) is 6.18. The number of hydrogen-bond donors (Lipinski definition) is 1. The molecular weight excluding hydrogens is 263 g/mol. The largest absolute Gasteiger partial charge is 0.369 e. The molecule has 0 saturated carbocycles. The van der Waals surface area contributed by atoms with Gasteiger partial charge in [-0.25, -0.2) is 4.39 Å². The van der Waals surface area contributed by atoms with E-state index < -0.39 is 0 Å². The SMILES string of the molecule is CCNC(C)c1ccc(N2CCCC(CC)CC2)c(F)c1. The number of nitrogens with zero attached hydrogens (tertiary/aromatic N) is 1. The van der Waals surface area contributed by atoms with Gasteiger partial charge in [0.05, 0.1) is 5.69 Å². The zero-order chi connectivity index (χ0) is 15.2. The van der Waals surface area contributed by atoms with Crippen LogP contribution in [0.5, 0.6) is 0 Å². The summed E-state index contributed by atoms with van der Waals surface area (Å²) in [5.74, 6) is 0.735. The molecule has 1 N–H and O–H groups in total. The maximum absolute atomic E-state index is 14.5. The van der Waals surface area contributed by atoms with Crippen molar-refractivity contribution in [2.45, 2.75) is 52.5 Å². The topological polar surface area (TPSA) is 15.3 Å². The normalized spacial score (nSPS) is 21.1. The molecule has 21 heavy (non-hydrogen) atoms. The van der Waals surface area contributed by atoms with Crippen molar-refractivity contribution in [3.05, 3.63) is 29.6 Å². The number of halogens is 1. The maximum Gasteiger partial charge on any atom is 0.146 e. The van der Waals surface area contributed by atoms with Crippen LogP contribution < -0.4 is 10.2 Å². The van der Waals surface area contributed by atoms with E-state index in [1.807, 2.05) is 6.07 Å². The van der Waals surface area contributed by atoms with Crippen molar-refractivity contribution in [1.29, 1.82) is 0 Å². The van der Waals surface area contributed by atoms with Gasteiger partial charge < -0.3 is 10.2 Å². The molecule has 1 aliphatic heterocycles. The van der Waals surface area contributed by atoms with Crippen LogP contribution in [0.1, 0.15) is 58.1 Å². The van der Waals surface area contributed by atoms with Crippen LogP contribution in [-0.2, 0) is 0 Å². The van der Waals surface area contributed by atoms with Gasteiger partial charge in [0.2, 0.25) is 0 Å². The lowest BCUT2D eigenvalue weighted by Gasteiger charge is -2.24. The highest BCUT2D eigenvalue weighted by atomic mass is 19.1. The Morgan fingerprint density at radius 3 is 2.76 bits per heavy atom. The van der Waals surface area contributed by atoms with Gasteiger partial charge in [-0.05, 0) is 56.3 Å². The molecule has 1 saturated heterocycles. The summed E-state index contributed by atoms with van der Waals surface area (Å²) in [6, 6.07) is 5.93. The Labute approximate surface area is 128 Å². The van der Waals surface area contributed by atoms with E-state index >= 15 is 0 Å². The van der Waals surface area contributed by atoms with Crippen molar-refractivity contribution >= 4 is 5.69 Å². The Kier molecular flexibility index (Phi) is 6.04. The Morgan fingerprint density at radius 2 is 2.10 bits per heavy atom. The van der Waals surface area contributed by atoms with Crippen LogP contribution in [0.3, 0.4) is 0 Å². The molecular formula is C18H29FN2. The van der Waals surface area contributed by atoms with Crippen LogP contribution in [0.2, 0.25) is 0 Å². The molecule has 1 aromatic rings. The molecule has 2 unspecified atom stereocenters. The van der Waals surface area contributed by atoms with Crippen LogP contribution in [0.25, 0.3) is 0 Å². The number of rotatable bonds is 5. The molecule has 1 heterocycles. The van der Waals surface area contributed by atoms with Gasteiger partial charge in [0.25, 0.3) is 0 Å². The second kappa shape index (κ2) is 7.79. The zero-order valence-corrected chi connectivity index (χ0v) is 13.7. The molecule has 1 aromatic carbocycles. The molecule has 2 rings (SSSR count). The van der Waals surface area contributed by atoms with Crippen LogP contribution in [0, 0.1) is 11.7 Å². The quantitative estimate of drug-likeness (QED) is 0.859. The summed E-state index contributed by atoms with van der Waals surface area (Å²) in [5, 5.41) is 3.33. The minimum absolute atomic E-state index is 0.0767. The van der Waals surface area contributed by atoms with Crippen molar-refractivity contribution in [3.8, 4) is 0 Å². The zero-order valence-electron chi connectivity index (χ0n) is 13.7. The molecule has 2 atom stereocenters. The van der Waals surface area contributed by atoms with Crippen LogP contribution in [0.4, 0.5) is 10.1 Å². The predicted octanol–water partition coefficient (Wildman–Crippen LogP) is 4.51. The van der Waals surface area contributed by atoms with Gasteiger partial charge in [0.15, 0.2) is 0 Å². The van der Waals surface area contributed by atoms with E-state index in [9.17, 15) is 4.39 Å². The number of nitrogens with one attached hydrogen (secondary N) is 1. The predicted molar refractivity (Wildman–Crippen MR) is 88.3 cm³/mol. The van der Waals surface area contributed by atoms with Gasteiger partial charge in [-0.1, -0.05) is 26.3 Å².